The summed E-state index contributed by atoms with van der Waals surface area (Å²) in [6, 6.07) is 11.9. The highest BCUT2D eigenvalue weighted by Crippen LogP contribution is 2.34. The van der Waals surface area contributed by atoms with Crippen LogP contribution in [0, 0.1) is 10.1 Å². The van der Waals surface area contributed by atoms with Gasteiger partial charge in [-0.1, -0.05) is 24.8 Å². The van der Waals surface area contributed by atoms with Gasteiger partial charge in [0.2, 0.25) is 5.91 Å². The van der Waals surface area contributed by atoms with E-state index in [1.54, 1.807) is 30.3 Å². The maximum Gasteiger partial charge on any atom is 0.333 e. The summed E-state index contributed by atoms with van der Waals surface area (Å²) in [5, 5.41) is 12.4. The minimum atomic E-state index is -1.57. The fraction of sp³-hybridized carbons (Fsp3) is 0.261. The molecule has 1 N–H and O–H groups in total. The van der Waals surface area contributed by atoms with Gasteiger partial charge in [0, 0.05) is 17.9 Å². The number of nitrogens with one attached hydrogen (secondary N) is 1. The summed E-state index contributed by atoms with van der Waals surface area (Å²) in [7, 11) is -1.57. The highest BCUT2D eigenvalue weighted by molar-refractivity contribution is 7.86. The number of carbonyl (C=O) groups is 3. The lowest BCUT2D eigenvalue weighted by molar-refractivity contribution is -0.384. The number of carbonyl (C=O) groups excluding carboxylic acids is 3. The summed E-state index contributed by atoms with van der Waals surface area (Å²) < 4.78 is 23.4. The first kappa shape index (κ1) is 24.1. The Morgan fingerprint density at radius 1 is 1.17 bits per heavy atom. The predicted molar refractivity (Wildman–Crippen MR) is 123 cm³/mol. The molecule has 0 spiro atoms. The van der Waals surface area contributed by atoms with E-state index in [-0.39, 0.29) is 30.2 Å². The average Bonchev–Trinajstić information content (AvgIpc) is 2.85. The minimum Gasteiger partial charge on any atom is -0.484 e. The Bertz CT molecular complexity index is 1200. The molecule has 12 heteroatoms. The van der Waals surface area contributed by atoms with Crippen molar-refractivity contribution in [3.05, 3.63) is 82.4 Å². The second-order valence-electron chi connectivity index (χ2n) is 7.90. The third kappa shape index (κ3) is 5.06. The standard InChI is InChI=1S/C23H21N3O8S/c1-14-13-35(32)22-19(24-18(27)12-33-17-5-3-2-4-6-17)21(28)25(22)20(14)23(29)34-11-15-7-9-16(10-8-15)26(30)31/h2-10,19-20,22H,1,11-13H2,(H,24,27)/t19-,20+,22+,35-/m0/s1. The molecular weight excluding hydrogens is 478 g/mol. The van der Waals surface area contributed by atoms with Crippen molar-refractivity contribution >= 4 is 34.3 Å². The molecule has 2 amide bonds. The molecule has 0 bridgehead atoms. The fourth-order valence-electron chi connectivity index (χ4n) is 3.82. The molecule has 182 valence electrons. The number of fused-ring (bicyclic) bond motifs is 1. The first-order valence-corrected chi connectivity index (χ1v) is 11.9. The molecule has 2 heterocycles. The van der Waals surface area contributed by atoms with Crippen LogP contribution in [0.5, 0.6) is 5.75 Å². The molecule has 0 saturated carbocycles. The van der Waals surface area contributed by atoms with E-state index >= 15 is 0 Å². The van der Waals surface area contributed by atoms with E-state index in [1.165, 1.54) is 24.3 Å². The number of hydrogen-bond donors (Lipinski definition) is 1. The van der Waals surface area contributed by atoms with E-state index in [0.717, 1.165) is 4.90 Å². The van der Waals surface area contributed by atoms with Crippen LogP contribution in [0.4, 0.5) is 5.69 Å². The van der Waals surface area contributed by atoms with Gasteiger partial charge in [-0.3, -0.25) is 23.9 Å². The molecule has 2 aromatic carbocycles. The van der Waals surface area contributed by atoms with Gasteiger partial charge in [0.1, 0.15) is 23.8 Å². The lowest BCUT2D eigenvalue weighted by Crippen LogP contribution is -2.77. The SMILES string of the molecule is C=C1C[S@](=O)[C@@H]2[C@@H](NC(=O)COc3ccccc3)C(=O)N2[C@H]1C(=O)OCc1ccc([N+](=O)[O-])cc1. The molecule has 2 saturated heterocycles. The van der Waals surface area contributed by atoms with Crippen molar-refractivity contribution in [2.45, 2.75) is 24.1 Å². The zero-order chi connectivity index (χ0) is 25.1. The molecule has 2 aliphatic rings. The zero-order valence-electron chi connectivity index (χ0n) is 18.3. The molecule has 0 radical (unpaired) electrons. The quantitative estimate of drug-likeness (QED) is 0.187. The van der Waals surface area contributed by atoms with Crippen LogP contribution in [0.3, 0.4) is 0 Å². The summed E-state index contributed by atoms with van der Waals surface area (Å²) in [5.41, 5.74) is 0.683. The Balaban J connectivity index is 1.36. The number of amides is 2. The van der Waals surface area contributed by atoms with Crippen molar-refractivity contribution in [2.75, 3.05) is 12.4 Å². The molecule has 35 heavy (non-hydrogen) atoms. The van der Waals surface area contributed by atoms with E-state index < -0.39 is 51.0 Å². The summed E-state index contributed by atoms with van der Waals surface area (Å²) in [6.45, 7) is 3.28. The maximum atomic E-state index is 12.8. The van der Waals surface area contributed by atoms with Crippen LogP contribution >= 0.6 is 0 Å². The number of nitro benzene ring substituents is 1. The van der Waals surface area contributed by atoms with Crippen LogP contribution in [0.2, 0.25) is 0 Å². The number of hydrogen-bond acceptors (Lipinski definition) is 8. The summed E-state index contributed by atoms with van der Waals surface area (Å²) in [5.74, 6) is -1.45. The number of nitro groups is 1. The zero-order valence-corrected chi connectivity index (χ0v) is 19.1. The van der Waals surface area contributed by atoms with E-state index in [4.69, 9.17) is 9.47 Å². The number of rotatable bonds is 8. The molecular formula is C23H21N3O8S. The van der Waals surface area contributed by atoms with Gasteiger partial charge in [0.15, 0.2) is 12.6 Å². The number of para-hydroxylation sites is 1. The van der Waals surface area contributed by atoms with E-state index in [0.29, 0.717) is 11.3 Å². The lowest BCUT2D eigenvalue weighted by atomic mass is 9.98. The van der Waals surface area contributed by atoms with E-state index in [9.17, 15) is 28.7 Å². The van der Waals surface area contributed by atoms with E-state index in [1.807, 2.05) is 0 Å². The average molecular weight is 500 g/mol. The molecule has 11 nitrogen and oxygen atoms in total. The van der Waals surface area contributed by atoms with Crippen molar-refractivity contribution < 1.29 is 33.0 Å². The van der Waals surface area contributed by atoms with Crippen LogP contribution in [0.15, 0.2) is 66.7 Å². The smallest absolute Gasteiger partial charge is 0.333 e. The van der Waals surface area contributed by atoms with Crippen molar-refractivity contribution in [3.63, 3.8) is 0 Å². The normalized spacial score (nSPS) is 23.0. The molecule has 0 aliphatic carbocycles. The number of β-lactam (4-membered cyclic amide) rings is 1. The highest BCUT2D eigenvalue weighted by Gasteiger charge is 2.59. The Kier molecular flexibility index (Phi) is 6.92. The van der Waals surface area contributed by atoms with Gasteiger partial charge in [-0.25, -0.2) is 4.79 Å². The molecule has 0 unspecified atom stereocenters. The predicted octanol–water partition coefficient (Wildman–Crippen LogP) is 1.06. The van der Waals surface area contributed by atoms with Crippen LogP contribution in [-0.2, 0) is 36.5 Å². The third-order valence-corrected chi connectivity index (χ3v) is 7.22. The van der Waals surface area contributed by atoms with Gasteiger partial charge in [-0.15, -0.1) is 0 Å². The van der Waals surface area contributed by atoms with Gasteiger partial charge < -0.3 is 19.7 Å². The summed E-state index contributed by atoms with van der Waals surface area (Å²) >= 11 is 0. The Hall–Kier alpha value is -4.06. The van der Waals surface area contributed by atoms with Crippen LogP contribution in [0.1, 0.15) is 5.56 Å². The second-order valence-corrected chi connectivity index (χ2v) is 9.43. The minimum absolute atomic E-state index is 0.0291. The van der Waals surface area contributed by atoms with E-state index in [2.05, 4.69) is 11.9 Å². The molecule has 2 aromatic rings. The molecule has 4 atom stereocenters. The van der Waals surface area contributed by atoms with Gasteiger partial charge in [-0.05, 0) is 35.4 Å². The number of ether oxygens (including phenoxy) is 2. The number of esters is 1. The summed E-state index contributed by atoms with van der Waals surface area (Å²) in [6.07, 6.45) is 0. The Morgan fingerprint density at radius 2 is 1.86 bits per heavy atom. The largest absolute Gasteiger partial charge is 0.484 e. The molecule has 0 aromatic heterocycles. The fourth-order valence-corrected chi connectivity index (χ4v) is 5.49. The summed E-state index contributed by atoms with van der Waals surface area (Å²) in [4.78, 5) is 49.2. The molecule has 4 rings (SSSR count). The number of non-ortho nitro benzene ring substituents is 1. The lowest BCUT2D eigenvalue weighted by Gasteiger charge is -2.52. The highest BCUT2D eigenvalue weighted by atomic mass is 32.2. The van der Waals surface area contributed by atoms with Crippen molar-refractivity contribution in [2.24, 2.45) is 0 Å². The first-order valence-electron chi connectivity index (χ1n) is 10.5. The Morgan fingerprint density at radius 3 is 2.51 bits per heavy atom. The first-order chi connectivity index (χ1) is 16.8. The van der Waals surface area contributed by atoms with Gasteiger partial charge >= 0.3 is 5.97 Å². The number of benzene rings is 2. The van der Waals surface area contributed by atoms with Crippen molar-refractivity contribution in [1.82, 2.24) is 10.2 Å². The van der Waals surface area contributed by atoms with Crippen LogP contribution in [0.25, 0.3) is 0 Å². The second kappa shape index (κ2) is 10.1. The molecule has 2 fully saturated rings. The maximum absolute atomic E-state index is 12.8. The van der Waals surface area contributed by atoms with Crippen LogP contribution < -0.4 is 10.1 Å². The topological polar surface area (TPSA) is 145 Å². The molecule has 2 aliphatic heterocycles. The third-order valence-electron chi connectivity index (χ3n) is 5.52. The van der Waals surface area contributed by atoms with Crippen LogP contribution in [-0.4, -0.2) is 61.6 Å². The van der Waals surface area contributed by atoms with Crippen molar-refractivity contribution in [1.29, 1.82) is 0 Å². The monoisotopic (exact) mass is 499 g/mol. The Labute approximate surface area is 202 Å². The van der Waals surface area contributed by atoms with Gasteiger partial charge in [0.25, 0.3) is 11.6 Å². The number of nitrogens with zero attached hydrogens (tertiary/aromatic N) is 2. The van der Waals surface area contributed by atoms with Gasteiger partial charge in [-0.2, -0.15) is 0 Å². The van der Waals surface area contributed by atoms with Gasteiger partial charge in [0.05, 0.1) is 15.7 Å². The van der Waals surface area contributed by atoms with Crippen molar-refractivity contribution in [3.8, 4) is 5.75 Å².